The minimum Gasteiger partial charge on any atom is -0.497 e. The van der Waals surface area contributed by atoms with E-state index in [1.807, 2.05) is 36.4 Å². The average molecular weight is 326 g/mol. The molecular weight excluding hydrogens is 308 g/mol. The monoisotopic (exact) mass is 326 g/mol. The van der Waals surface area contributed by atoms with Gasteiger partial charge in [0.05, 0.1) is 25.6 Å². The molecule has 0 radical (unpaired) electrons. The summed E-state index contributed by atoms with van der Waals surface area (Å²) in [6, 6.07) is 15.8. The standard InChI is InChI=1S/C18H18N2O2S/c1-12-17(13-7-5-4-6-8-13)20-18(23-12)19-15-11-14(21-2)9-10-16(15)22-3/h4-11H,1-3H3,(H,19,20). The van der Waals surface area contributed by atoms with E-state index in [4.69, 9.17) is 14.5 Å². The van der Waals surface area contributed by atoms with Gasteiger partial charge in [-0.2, -0.15) is 0 Å². The van der Waals surface area contributed by atoms with Gasteiger partial charge in [-0.25, -0.2) is 4.98 Å². The van der Waals surface area contributed by atoms with Gasteiger partial charge in [0.25, 0.3) is 0 Å². The number of hydrogen-bond donors (Lipinski definition) is 1. The summed E-state index contributed by atoms with van der Waals surface area (Å²) in [5, 5.41) is 4.16. The molecular formula is C18H18N2O2S. The molecule has 0 aliphatic rings. The number of ether oxygens (including phenoxy) is 2. The SMILES string of the molecule is COc1ccc(OC)c(Nc2nc(-c3ccccc3)c(C)s2)c1. The molecule has 23 heavy (non-hydrogen) atoms. The Morgan fingerprint density at radius 3 is 2.48 bits per heavy atom. The largest absolute Gasteiger partial charge is 0.497 e. The average Bonchev–Trinajstić information content (AvgIpc) is 2.96. The Morgan fingerprint density at radius 1 is 1.00 bits per heavy atom. The molecule has 3 aromatic rings. The first-order chi connectivity index (χ1) is 11.2. The number of hydrogen-bond acceptors (Lipinski definition) is 5. The highest BCUT2D eigenvalue weighted by Crippen LogP contribution is 2.35. The first-order valence-electron chi connectivity index (χ1n) is 7.23. The van der Waals surface area contributed by atoms with Gasteiger partial charge in [0.15, 0.2) is 5.13 Å². The minimum absolute atomic E-state index is 0.750. The van der Waals surface area contributed by atoms with Crippen molar-refractivity contribution in [3.63, 3.8) is 0 Å². The van der Waals surface area contributed by atoms with Crippen molar-refractivity contribution < 1.29 is 9.47 Å². The van der Waals surface area contributed by atoms with Crippen LogP contribution in [0.15, 0.2) is 48.5 Å². The van der Waals surface area contributed by atoms with Crippen molar-refractivity contribution in [2.24, 2.45) is 0 Å². The summed E-state index contributed by atoms with van der Waals surface area (Å²) in [7, 11) is 3.29. The van der Waals surface area contributed by atoms with Crippen molar-refractivity contribution in [2.45, 2.75) is 6.92 Å². The second-order valence-electron chi connectivity index (χ2n) is 4.98. The van der Waals surface area contributed by atoms with E-state index in [9.17, 15) is 0 Å². The summed E-state index contributed by atoms with van der Waals surface area (Å²) < 4.78 is 10.7. The molecule has 5 heteroatoms. The van der Waals surface area contributed by atoms with Crippen LogP contribution >= 0.6 is 11.3 Å². The summed E-state index contributed by atoms with van der Waals surface area (Å²) in [6.45, 7) is 2.08. The zero-order chi connectivity index (χ0) is 16.2. The Hall–Kier alpha value is -2.53. The van der Waals surface area contributed by atoms with E-state index < -0.39 is 0 Å². The molecule has 4 nitrogen and oxygen atoms in total. The van der Waals surface area contributed by atoms with Crippen LogP contribution in [0, 0.1) is 6.92 Å². The molecule has 1 heterocycles. The number of rotatable bonds is 5. The topological polar surface area (TPSA) is 43.4 Å². The molecule has 0 saturated heterocycles. The highest BCUT2D eigenvalue weighted by molar-refractivity contribution is 7.16. The van der Waals surface area contributed by atoms with Crippen molar-refractivity contribution in [3.05, 3.63) is 53.4 Å². The number of benzene rings is 2. The second-order valence-corrected chi connectivity index (χ2v) is 6.18. The number of nitrogens with zero attached hydrogens (tertiary/aromatic N) is 1. The molecule has 0 amide bonds. The van der Waals surface area contributed by atoms with Gasteiger partial charge in [-0.1, -0.05) is 30.3 Å². The first kappa shape index (κ1) is 15.4. The van der Waals surface area contributed by atoms with Gasteiger partial charge < -0.3 is 14.8 Å². The lowest BCUT2D eigenvalue weighted by molar-refractivity contribution is 0.405. The molecule has 0 aliphatic heterocycles. The fraction of sp³-hybridized carbons (Fsp3) is 0.167. The molecule has 0 unspecified atom stereocenters. The molecule has 3 rings (SSSR count). The van der Waals surface area contributed by atoms with Crippen LogP contribution in [0.1, 0.15) is 4.88 Å². The molecule has 0 saturated carbocycles. The maximum atomic E-state index is 5.40. The lowest BCUT2D eigenvalue weighted by Gasteiger charge is -2.10. The fourth-order valence-electron chi connectivity index (χ4n) is 2.34. The van der Waals surface area contributed by atoms with Crippen LogP contribution in [0.4, 0.5) is 10.8 Å². The van der Waals surface area contributed by atoms with E-state index in [1.165, 1.54) is 4.88 Å². The highest BCUT2D eigenvalue weighted by Gasteiger charge is 2.12. The van der Waals surface area contributed by atoms with E-state index in [0.29, 0.717) is 0 Å². The Labute approximate surface area is 139 Å². The van der Waals surface area contributed by atoms with Crippen molar-refractivity contribution in [1.82, 2.24) is 4.98 Å². The van der Waals surface area contributed by atoms with Crippen LogP contribution in [-0.4, -0.2) is 19.2 Å². The molecule has 0 spiro atoms. The molecule has 1 N–H and O–H groups in total. The zero-order valence-electron chi connectivity index (χ0n) is 13.3. The number of nitrogens with one attached hydrogen (secondary N) is 1. The van der Waals surface area contributed by atoms with Crippen LogP contribution in [0.5, 0.6) is 11.5 Å². The van der Waals surface area contributed by atoms with E-state index in [2.05, 4.69) is 24.4 Å². The lowest BCUT2D eigenvalue weighted by Crippen LogP contribution is -1.95. The summed E-state index contributed by atoms with van der Waals surface area (Å²) >= 11 is 1.62. The van der Waals surface area contributed by atoms with Crippen LogP contribution < -0.4 is 14.8 Å². The molecule has 118 valence electrons. The van der Waals surface area contributed by atoms with Crippen molar-refractivity contribution in [2.75, 3.05) is 19.5 Å². The molecule has 0 atom stereocenters. The third-order valence-corrected chi connectivity index (χ3v) is 4.38. The number of aromatic nitrogens is 1. The first-order valence-corrected chi connectivity index (χ1v) is 8.05. The third kappa shape index (κ3) is 3.29. The summed E-state index contributed by atoms with van der Waals surface area (Å²) in [6.07, 6.45) is 0. The summed E-state index contributed by atoms with van der Waals surface area (Å²) in [5.74, 6) is 1.52. The highest BCUT2D eigenvalue weighted by atomic mass is 32.1. The second kappa shape index (κ2) is 6.71. The zero-order valence-corrected chi connectivity index (χ0v) is 14.1. The number of aryl methyl sites for hydroxylation is 1. The van der Waals surface area contributed by atoms with Crippen LogP contribution in [0.2, 0.25) is 0 Å². The van der Waals surface area contributed by atoms with E-state index in [1.54, 1.807) is 25.6 Å². The minimum atomic E-state index is 0.750. The van der Waals surface area contributed by atoms with Gasteiger partial charge in [-0.15, -0.1) is 11.3 Å². The Balaban J connectivity index is 1.93. The van der Waals surface area contributed by atoms with Gasteiger partial charge in [0, 0.05) is 16.5 Å². The van der Waals surface area contributed by atoms with Gasteiger partial charge in [0.1, 0.15) is 11.5 Å². The Morgan fingerprint density at radius 2 is 1.78 bits per heavy atom. The predicted octanol–water partition coefficient (Wildman–Crippen LogP) is 4.88. The lowest BCUT2D eigenvalue weighted by atomic mass is 10.1. The van der Waals surface area contributed by atoms with Crippen molar-refractivity contribution in [1.29, 1.82) is 0 Å². The Bertz CT molecular complexity index is 800. The molecule has 0 aliphatic carbocycles. The Kier molecular flexibility index (Phi) is 4.48. The van der Waals surface area contributed by atoms with Gasteiger partial charge in [-0.05, 0) is 19.1 Å². The molecule has 2 aromatic carbocycles. The van der Waals surface area contributed by atoms with E-state index in [-0.39, 0.29) is 0 Å². The van der Waals surface area contributed by atoms with Gasteiger partial charge >= 0.3 is 0 Å². The fourth-order valence-corrected chi connectivity index (χ4v) is 3.19. The van der Waals surface area contributed by atoms with Crippen molar-refractivity contribution in [3.8, 4) is 22.8 Å². The van der Waals surface area contributed by atoms with E-state index >= 15 is 0 Å². The van der Waals surface area contributed by atoms with Gasteiger partial charge in [0.2, 0.25) is 0 Å². The maximum absolute atomic E-state index is 5.40. The van der Waals surface area contributed by atoms with Crippen molar-refractivity contribution >= 4 is 22.2 Å². The number of methoxy groups -OCH3 is 2. The normalized spacial score (nSPS) is 10.4. The molecule has 0 bridgehead atoms. The maximum Gasteiger partial charge on any atom is 0.188 e. The van der Waals surface area contributed by atoms with E-state index in [0.717, 1.165) is 33.6 Å². The quantitative estimate of drug-likeness (QED) is 0.726. The van der Waals surface area contributed by atoms with Crippen LogP contribution in [0.3, 0.4) is 0 Å². The third-order valence-electron chi connectivity index (χ3n) is 3.49. The van der Waals surface area contributed by atoms with Gasteiger partial charge in [-0.3, -0.25) is 0 Å². The van der Waals surface area contributed by atoms with Crippen LogP contribution in [-0.2, 0) is 0 Å². The van der Waals surface area contributed by atoms with Crippen LogP contribution in [0.25, 0.3) is 11.3 Å². The molecule has 1 aromatic heterocycles. The number of anilines is 2. The smallest absolute Gasteiger partial charge is 0.188 e. The number of thiazole rings is 1. The summed E-state index contributed by atoms with van der Waals surface area (Å²) in [4.78, 5) is 5.88. The summed E-state index contributed by atoms with van der Waals surface area (Å²) in [5.41, 5.74) is 2.95. The predicted molar refractivity (Wildman–Crippen MR) is 95.1 cm³/mol. The molecule has 0 fully saturated rings.